The molecule has 0 unspecified atom stereocenters. The second-order valence-corrected chi connectivity index (χ2v) is 12.8. The van der Waals surface area contributed by atoms with Gasteiger partial charge in [-0.05, 0) is 96.6 Å². The SMILES string of the molecule is Brc1ccc2c(c1)oc1ccc(N(c3ccc(-c4nc5ccccc5s4)cc3)c3ccc(-c4cccc5ocnc45)cc3)cc12. The van der Waals surface area contributed by atoms with Crippen molar-refractivity contribution >= 4 is 87.6 Å². The Morgan fingerprint density at radius 1 is 0.622 bits per heavy atom. The average Bonchev–Trinajstić information content (AvgIpc) is 3.82. The Balaban J connectivity index is 1.16. The summed E-state index contributed by atoms with van der Waals surface area (Å²) in [6.07, 6.45) is 1.50. The maximum atomic E-state index is 6.19. The molecule has 7 heteroatoms. The first-order valence-corrected chi connectivity index (χ1v) is 16.1. The van der Waals surface area contributed by atoms with Crippen LogP contribution in [0.2, 0.25) is 0 Å². The Labute approximate surface area is 270 Å². The largest absolute Gasteiger partial charge is 0.456 e. The van der Waals surface area contributed by atoms with Crippen LogP contribution >= 0.6 is 27.3 Å². The van der Waals surface area contributed by atoms with Gasteiger partial charge in [0.1, 0.15) is 21.7 Å². The van der Waals surface area contributed by atoms with Crippen molar-refractivity contribution in [1.82, 2.24) is 9.97 Å². The molecule has 6 aromatic carbocycles. The fraction of sp³-hybridized carbons (Fsp3) is 0. The van der Waals surface area contributed by atoms with E-state index in [4.69, 9.17) is 13.8 Å². The highest BCUT2D eigenvalue weighted by atomic mass is 79.9. The van der Waals surface area contributed by atoms with Gasteiger partial charge in [0.2, 0.25) is 0 Å². The molecule has 3 aromatic heterocycles. The number of hydrogen-bond donors (Lipinski definition) is 0. The first-order chi connectivity index (χ1) is 22.2. The van der Waals surface area contributed by atoms with Crippen LogP contribution in [0.1, 0.15) is 0 Å². The number of benzene rings is 6. The van der Waals surface area contributed by atoms with E-state index in [1.807, 2.05) is 24.3 Å². The number of hydrogen-bond acceptors (Lipinski definition) is 6. The minimum Gasteiger partial charge on any atom is -0.456 e. The highest BCUT2D eigenvalue weighted by Crippen LogP contribution is 2.41. The first-order valence-electron chi connectivity index (χ1n) is 14.5. The van der Waals surface area contributed by atoms with Gasteiger partial charge in [-0.25, -0.2) is 9.97 Å². The lowest BCUT2D eigenvalue weighted by atomic mass is 10.0. The third kappa shape index (κ3) is 4.51. The maximum Gasteiger partial charge on any atom is 0.182 e. The molecule has 0 amide bonds. The van der Waals surface area contributed by atoms with Crippen molar-refractivity contribution in [3.63, 3.8) is 0 Å². The number of aromatic nitrogens is 2. The van der Waals surface area contributed by atoms with Crippen molar-refractivity contribution in [3.05, 3.63) is 138 Å². The lowest BCUT2D eigenvalue weighted by molar-refractivity contribution is 0.602. The summed E-state index contributed by atoms with van der Waals surface area (Å²) in [5, 5.41) is 3.16. The molecule has 0 saturated carbocycles. The standard InChI is InChI=1S/C38H22BrN3O2S/c39-25-12-18-30-31-21-28(17-19-33(31)44-35(30)20-25)42(26-13-8-23(9-14-26)29-4-3-6-34-37(29)40-22-43-34)27-15-10-24(11-16-27)38-41-32-5-1-2-7-36(32)45-38/h1-22H. The van der Waals surface area contributed by atoms with Crippen molar-refractivity contribution in [2.24, 2.45) is 0 Å². The Hall–Kier alpha value is -5.24. The van der Waals surface area contributed by atoms with Gasteiger partial charge in [0.25, 0.3) is 0 Å². The molecule has 0 aliphatic heterocycles. The second kappa shape index (κ2) is 10.4. The van der Waals surface area contributed by atoms with Crippen LogP contribution in [0.25, 0.3) is 65.0 Å². The van der Waals surface area contributed by atoms with Gasteiger partial charge in [-0.2, -0.15) is 0 Å². The third-order valence-electron chi connectivity index (χ3n) is 8.14. The van der Waals surface area contributed by atoms with Crippen LogP contribution in [0.3, 0.4) is 0 Å². The van der Waals surface area contributed by atoms with Crippen LogP contribution in [0.4, 0.5) is 17.1 Å². The van der Waals surface area contributed by atoms with E-state index in [2.05, 4.69) is 129 Å². The molecule has 9 rings (SSSR count). The molecule has 9 aromatic rings. The zero-order valence-electron chi connectivity index (χ0n) is 23.6. The maximum absolute atomic E-state index is 6.19. The van der Waals surface area contributed by atoms with Crippen molar-refractivity contribution in [3.8, 4) is 21.7 Å². The van der Waals surface area contributed by atoms with Gasteiger partial charge in [-0.3, -0.25) is 0 Å². The first kappa shape index (κ1) is 26.2. The van der Waals surface area contributed by atoms with E-state index in [1.54, 1.807) is 11.3 Å². The van der Waals surface area contributed by atoms with Gasteiger partial charge < -0.3 is 13.7 Å². The van der Waals surface area contributed by atoms with E-state index in [0.29, 0.717) is 0 Å². The van der Waals surface area contributed by atoms with Crippen molar-refractivity contribution in [1.29, 1.82) is 0 Å². The van der Waals surface area contributed by atoms with Gasteiger partial charge in [-0.15, -0.1) is 11.3 Å². The van der Waals surface area contributed by atoms with Crippen LogP contribution < -0.4 is 4.90 Å². The van der Waals surface area contributed by atoms with Crippen LogP contribution in [-0.4, -0.2) is 9.97 Å². The smallest absolute Gasteiger partial charge is 0.182 e. The van der Waals surface area contributed by atoms with Crippen molar-refractivity contribution in [2.75, 3.05) is 4.90 Å². The fourth-order valence-electron chi connectivity index (χ4n) is 5.98. The molecule has 0 saturated heterocycles. The van der Waals surface area contributed by atoms with Crippen molar-refractivity contribution in [2.45, 2.75) is 0 Å². The minimum absolute atomic E-state index is 0.777. The number of thiazole rings is 1. The zero-order valence-corrected chi connectivity index (χ0v) is 26.0. The molecule has 0 N–H and O–H groups in total. The molecule has 214 valence electrons. The number of furan rings is 1. The number of rotatable bonds is 5. The minimum atomic E-state index is 0.777. The summed E-state index contributed by atoms with van der Waals surface area (Å²) in [6, 6.07) is 44.1. The van der Waals surface area contributed by atoms with Crippen LogP contribution in [-0.2, 0) is 0 Å². The van der Waals surface area contributed by atoms with Gasteiger partial charge >= 0.3 is 0 Å². The molecule has 0 fully saturated rings. The fourth-order valence-corrected chi connectivity index (χ4v) is 7.29. The monoisotopic (exact) mass is 663 g/mol. The van der Waals surface area contributed by atoms with Gasteiger partial charge in [0.05, 0.1) is 10.2 Å². The van der Waals surface area contributed by atoms with Gasteiger partial charge in [0, 0.05) is 43.4 Å². The van der Waals surface area contributed by atoms with E-state index in [0.717, 1.165) is 81.8 Å². The summed E-state index contributed by atoms with van der Waals surface area (Å²) in [5.41, 5.74) is 10.7. The molecule has 0 radical (unpaired) electrons. The molecule has 0 bridgehead atoms. The Morgan fingerprint density at radius 3 is 2.22 bits per heavy atom. The average molecular weight is 665 g/mol. The van der Waals surface area contributed by atoms with E-state index >= 15 is 0 Å². The number of anilines is 3. The molecule has 0 spiro atoms. The molecular formula is C38H22BrN3O2S. The number of halogens is 1. The summed E-state index contributed by atoms with van der Waals surface area (Å²) in [4.78, 5) is 11.6. The highest BCUT2D eigenvalue weighted by Gasteiger charge is 2.17. The summed E-state index contributed by atoms with van der Waals surface area (Å²) < 4.78 is 13.9. The van der Waals surface area contributed by atoms with Crippen LogP contribution in [0.15, 0.2) is 147 Å². The molecular weight excluding hydrogens is 642 g/mol. The summed E-state index contributed by atoms with van der Waals surface area (Å²) in [7, 11) is 0. The lowest BCUT2D eigenvalue weighted by Gasteiger charge is -2.26. The van der Waals surface area contributed by atoms with E-state index in [-0.39, 0.29) is 0 Å². The van der Waals surface area contributed by atoms with E-state index in [1.165, 1.54) is 11.1 Å². The molecule has 3 heterocycles. The van der Waals surface area contributed by atoms with E-state index in [9.17, 15) is 0 Å². The summed E-state index contributed by atoms with van der Waals surface area (Å²) in [5.74, 6) is 0. The summed E-state index contributed by atoms with van der Waals surface area (Å²) in [6.45, 7) is 0. The van der Waals surface area contributed by atoms with Crippen LogP contribution in [0, 0.1) is 0 Å². The van der Waals surface area contributed by atoms with E-state index < -0.39 is 0 Å². The van der Waals surface area contributed by atoms with Gasteiger partial charge in [0.15, 0.2) is 12.0 Å². The molecule has 0 atom stereocenters. The Bertz CT molecular complexity index is 2480. The zero-order chi connectivity index (χ0) is 29.9. The number of oxazole rings is 1. The number of para-hydroxylation sites is 2. The molecule has 5 nitrogen and oxygen atoms in total. The quantitative estimate of drug-likeness (QED) is 0.183. The molecule has 0 aliphatic carbocycles. The second-order valence-electron chi connectivity index (χ2n) is 10.8. The molecule has 0 aliphatic rings. The predicted molar refractivity (Wildman–Crippen MR) is 188 cm³/mol. The predicted octanol–water partition coefficient (Wildman–Crippen LogP) is 11.9. The van der Waals surface area contributed by atoms with Gasteiger partial charge in [-0.1, -0.05) is 52.3 Å². The Morgan fingerprint density at radius 2 is 1.40 bits per heavy atom. The number of fused-ring (bicyclic) bond motifs is 5. The lowest BCUT2D eigenvalue weighted by Crippen LogP contribution is -2.09. The topological polar surface area (TPSA) is 55.3 Å². The normalized spacial score (nSPS) is 11.7. The Kier molecular flexibility index (Phi) is 6.07. The number of nitrogens with zero attached hydrogens (tertiary/aromatic N) is 3. The molecule has 45 heavy (non-hydrogen) atoms. The van der Waals surface area contributed by atoms with Crippen LogP contribution in [0.5, 0.6) is 0 Å². The summed E-state index contributed by atoms with van der Waals surface area (Å²) >= 11 is 5.29. The van der Waals surface area contributed by atoms with Crippen molar-refractivity contribution < 1.29 is 8.83 Å². The third-order valence-corrected chi connectivity index (χ3v) is 9.72. The highest BCUT2D eigenvalue weighted by molar-refractivity contribution is 9.10.